The van der Waals surface area contributed by atoms with Gasteiger partial charge in [0.1, 0.15) is 0 Å². The van der Waals surface area contributed by atoms with Crippen LogP contribution in [0.3, 0.4) is 0 Å². The van der Waals surface area contributed by atoms with E-state index in [4.69, 9.17) is 0 Å². The van der Waals surface area contributed by atoms with Crippen molar-refractivity contribution in [3.63, 3.8) is 0 Å². The van der Waals surface area contributed by atoms with Gasteiger partial charge in [0, 0.05) is 32.7 Å². The Morgan fingerprint density at radius 3 is 2.16 bits per heavy atom. The molecule has 0 saturated carbocycles. The van der Waals surface area contributed by atoms with Gasteiger partial charge in [-0.2, -0.15) is 17.5 Å². The molecule has 0 N–H and O–H groups in total. The number of halogens is 3. The monoisotopic (exact) mass is 469 g/mol. The van der Waals surface area contributed by atoms with E-state index in [1.165, 1.54) is 34.6 Å². The first-order chi connectivity index (χ1) is 15.0. The molecule has 1 heterocycles. The van der Waals surface area contributed by atoms with E-state index in [1.54, 1.807) is 42.0 Å². The number of hydrogen-bond donors (Lipinski definition) is 0. The van der Waals surface area contributed by atoms with Crippen LogP contribution in [0, 0.1) is 0 Å². The molecule has 32 heavy (non-hydrogen) atoms. The van der Waals surface area contributed by atoms with Crippen LogP contribution in [-0.4, -0.2) is 67.7 Å². The molecule has 1 fully saturated rings. The van der Waals surface area contributed by atoms with Gasteiger partial charge in [-0.25, -0.2) is 8.42 Å². The summed E-state index contributed by atoms with van der Waals surface area (Å²) in [4.78, 5) is 16.3. The Balaban J connectivity index is 1.62. The Morgan fingerprint density at radius 1 is 1.00 bits per heavy atom. The average Bonchev–Trinajstić information content (AvgIpc) is 2.78. The highest BCUT2D eigenvalue weighted by atomic mass is 32.2. The molecule has 0 aromatic heterocycles. The molecule has 2 aromatic carbocycles. The maximum atomic E-state index is 13.3. The maximum Gasteiger partial charge on any atom is 0.416 e. The number of sulfonamides is 1. The number of likely N-dealkylation sites (N-methyl/N-ethyl adjacent to an activating group) is 1. The zero-order chi connectivity index (χ0) is 23.5. The van der Waals surface area contributed by atoms with Gasteiger partial charge in [-0.05, 0) is 37.7 Å². The highest BCUT2D eigenvalue weighted by Crippen LogP contribution is 2.32. The number of nitrogens with zero attached hydrogens (tertiary/aromatic N) is 3. The minimum Gasteiger partial charge on any atom is -0.339 e. The first-order valence-corrected chi connectivity index (χ1v) is 11.6. The maximum absolute atomic E-state index is 13.3. The molecule has 0 aliphatic carbocycles. The Labute approximate surface area is 186 Å². The number of carbonyl (C=O) groups excluding carboxylic acids is 1. The van der Waals surface area contributed by atoms with Gasteiger partial charge >= 0.3 is 6.18 Å². The van der Waals surface area contributed by atoms with Crippen LogP contribution in [0.15, 0.2) is 59.5 Å². The third-order valence-corrected chi connectivity index (χ3v) is 7.61. The molecule has 174 valence electrons. The lowest BCUT2D eigenvalue weighted by molar-refractivity contribution is -0.138. The van der Waals surface area contributed by atoms with Gasteiger partial charge < -0.3 is 4.90 Å². The molecule has 0 unspecified atom stereocenters. The van der Waals surface area contributed by atoms with Crippen molar-refractivity contribution in [1.29, 1.82) is 0 Å². The smallest absolute Gasteiger partial charge is 0.339 e. The molecule has 3 rings (SSSR count). The third kappa shape index (κ3) is 5.31. The van der Waals surface area contributed by atoms with E-state index in [9.17, 15) is 26.4 Å². The van der Waals surface area contributed by atoms with Crippen molar-refractivity contribution in [3.05, 3.63) is 65.7 Å². The number of alkyl halides is 3. The molecule has 0 radical (unpaired) electrons. The minimum atomic E-state index is -4.47. The van der Waals surface area contributed by atoms with Gasteiger partial charge in [0.2, 0.25) is 15.9 Å². The number of rotatable bonds is 6. The highest BCUT2D eigenvalue weighted by Gasteiger charge is 2.35. The van der Waals surface area contributed by atoms with E-state index in [2.05, 4.69) is 0 Å². The minimum absolute atomic E-state index is 0.0368. The first-order valence-electron chi connectivity index (χ1n) is 10.2. The summed E-state index contributed by atoms with van der Waals surface area (Å²) in [6, 6.07) is 12.8. The normalized spacial score (nSPS) is 16.9. The van der Waals surface area contributed by atoms with Gasteiger partial charge in [0.25, 0.3) is 0 Å². The van der Waals surface area contributed by atoms with Gasteiger partial charge in [0.15, 0.2) is 0 Å². The number of hydrogen-bond acceptors (Lipinski definition) is 4. The Bertz CT molecular complexity index is 1040. The lowest BCUT2D eigenvalue weighted by Crippen LogP contribution is -2.54. The van der Waals surface area contributed by atoms with Gasteiger partial charge in [0.05, 0.1) is 16.5 Å². The van der Waals surface area contributed by atoms with Crippen LogP contribution in [0.2, 0.25) is 0 Å². The molecular formula is C22H26F3N3O3S. The zero-order valence-electron chi connectivity index (χ0n) is 17.9. The van der Waals surface area contributed by atoms with E-state index < -0.39 is 27.8 Å². The molecule has 1 atom stereocenters. The molecule has 0 bridgehead atoms. The summed E-state index contributed by atoms with van der Waals surface area (Å²) in [5, 5.41) is 0. The fourth-order valence-electron chi connectivity index (χ4n) is 3.68. The molecule has 2 aromatic rings. The Morgan fingerprint density at radius 2 is 1.56 bits per heavy atom. The summed E-state index contributed by atoms with van der Waals surface area (Å²) in [7, 11) is -2.03. The van der Waals surface area contributed by atoms with E-state index in [0.29, 0.717) is 0 Å². The molecule has 1 amide bonds. The van der Waals surface area contributed by atoms with E-state index in [0.717, 1.165) is 6.07 Å². The average molecular weight is 470 g/mol. The molecular weight excluding hydrogens is 443 g/mol. The number of piperazine rings is 1. The van der Waals surface area contributed by atoms with Crippen LogP contribution >= 0.6 is 0 Å². The van der Waals surface area contributed by atoms with Crippen LogP contribution in [0.5, 0.6) is 0 Å². The van der Waals surface area contributed by atoms with E-state index in [1.807, 2.05) is 0 Å². The fourth-order valence-corrected chi connectivity index (χ4v) is 5.13. The molecule has 1 aliphatic rings. The van der Waals surface area contributed by atoms with Crippen LogP contribution in [-0.2, 0) is 27.5 Å². The Hall–Kier alpha value is -2.43. The lowest BCUT2D eigenvalue weighted by atomic mass is 10.1. The second-order valence-corrected chi connectivity index (χ2v) is 9.73. The van der Waals surface area contributed by atoms with Gasteiger partial charge in [-0.1, -0.05) is 36.4 Å². The van der Waals surface area contributed by atoms with E-state index in [-0.39, 0.29) is 49.1 Å². The molecule has 10 heteroatoms. The first kappa shape index (κ1) is 24.2. The van der Waals surface area contributed by atoms with E-state index >= 15 is 0 Å². The molecule has 1 aliphatic heterocycles. The number of amides is 1. The molecule has 1 saturated heterocycles. The summed E-state index contributed by atoms with van der Waals surface area (Å²) in [5.74, 6) is -0.242. The van der Waals surface area contributed by atoms with Crippen LogP contribution in [0.1, 0.15) is 18.1 Å². The van der Waals surface area contributed by atoms with Crippen molar-refractivity contribution in [1.82, 2.24) is 14.1 Å². The van der Waals surface area contributed by atoms with Crippen molar-refractivity contribution < 1.29 is 26.4 Å². The third-order valence-electron chi connectivity index (χ3n) is 5.69. The van der Waals surface area contributed by atoms with Crippen molar-refractivity contribution in [2.24, 2.45) is 0 Å². The van der Waals surface area contributed by atoms with Gasteiger partial charge in [-0.15, -0.1) is 0 Å². The SMILES string of the molecule is C[C@H](C(=O)N1CCN(S(=O)(=O)c2ccccc2)CC1)N(C)Cc1ccccc1C(F)(F)F. The lowest BCUT2D eigenvalue weighted by Gasteiger charge is -2.37. The van der Waals surface area contributed by atoms with Gasteiger partial charge in [-0.3, -0.25) is 9.69 Å². The summed E-state index contributed by atoms with van der Waals surface area (Å²) in [6.45, 7) is 2.38. The summed E-state index contributed by atoms with van der Waals surface area (Å²) in [6.07, 6.45) is -4.47. The standard InChI is InChI=1S/C22H26F3N3O3S/c1-17(26(2)16-18-8-6-7-11-20(18)22(23,24)25)21(29)27-12-14-28(15-13-27)32(30,31)19-9-4-3-5-10-19/h3-11,17H,12-16H2,1-2H3/t17-/m1/s1. The predicted molar refractivity (Wildman–Crippen MR) is 114 cm³/mol. The predicted octanol–water partition coefficient (Wildman–Crippen LogP) is 3.06. The van der Waals surface area contributed by atoms with Crippen LogP contribution in [0.4, 0.5) is 13.2 Å². The molecule has 0 spiro atoms. The number of benzene rings is 2. The topological polar surface area (TPSA) is 60.9 Å². The number of carbonyl (C=O) groups is 1. The highest BCUT2D eigenvalue weighted by molar-refractivity contribution is 7.89. The fraction of sp³-hybridized carbons (Fsp3) is 0.409. The Kier molecular flexibility index (Phi) is 7.26. The van der Waals surface area contributed by atoms with Crippen LogP contribution in [0.25, 0.3) is 0 Å². The summed E-state index contributed by atoms with van der Waals surface area (Å²) < 4.78 is 66.6. The van der Waals surface area contributed by atoms with Crippen LogP contribution < -0.4 is 0 Å². The second kappa shape index (κ2) is 9.60. The van der Waals surface area contributed by atoms with Crippen molar-refractivity contribution in [2.75, 3.05) is 33.2 Å². The van der Waals surface area contributed by atoms with Crippen molar-refractivity contribution >= 4 is 15.9 Å². The second-order valence-electron chi connectivity index (χ2n) is 7.79. The van der Waals surface area contributed by atoms with Crippen molar-refractivity contribution in [2.45, 2.75) is 30.6 Å². The van der Waals surface area contributed by atoms with Crippen molar-refractivity contribution in [3.8, 4) is 0 Å². The summed E-state index contributed by atoms with van der Waals surface area (Å²) in [5.41, 5.74) is -0.618. The quantitative estimate of drug-likeness (QED) is 0.653. The molecule has 6 nitrogen and oxygen atoms in total. The zero-order valence-corrected chi connectivity index (χ0v) is 18.7. The largest absolute Gasteiger partial charge is 0.416 e. The summed E-state index contributed by atoms with van der Waals surface area (Å²) >= 11 is 0.